The van der Waals surface area contributed by atoms with Gasteiger partial charge in [0.05, 0.1) is 5.56 Å². The van der Waals surface area contributed by atoms with Crippen molar-refractivity contribution in [3.05, 3.63) is 59.7 Å². The summed E-state index contributed by atoms with van der Waals surface area (Å²) < 4.78 is 5.29. The van der Waals surface area contributed by atoms with E-state index in [1.165, 1.54) is 5.56 Å². The standard InChI is InChI=1S/C19H22N2O3/c1-19(2,3)13-8-10-14(11-9-13)21-18(23)15-6-4-5-7-16(15)24-12-17(20)22/h4-11H,12H2,1-3H3,(H2,20,22)(H,21,23). The Morgan fingerprint density at radius 3 is 2.25 bits per heavy atom. The van der Waals surface area contributed by atoms with Gasteiger partial charge in [0.1, 0.15) is 5.75 Å². The number of hydrogen-bond donors (Lipinski definition) is 2. The van der Waals surface area contributed by atoms with E-state index in [9.17, 15) is 9.59 Å². The molecule has 3 N–H and O–H groups in total. The van der Waals surface area contributed by atoms with Crippen LogP contribution in [0.1, 0.15) is 36.7 Å². The zero-order chi connectivity index (χ0) is 17.7. The highest BCUT2D eigenvalue weighted by Crippen LogP contribution is 2.24. The zero-order valence-electron chi connectivity index (χ0n) is 14.1. The maximum absolute atomic E-state index is 12.5. The van der Waals surface area contributed by atoms with Crippen LogP contribution in [0.25, 0.3) is 0 Å². The molecule has 0 spiro atoms. The van der Waals surface area contributed by atoms with Crippen LogP contribution in [0.2, 0.25) is 0 Å². The molecule has 0 heterocycles. The zero-order valence-corrected chi connectivity index (χ0v) is 14.1. The summed E-state index contributed by atoms with van der Waals surface area (Å²) >= 11 is 0. The first-order valence-corrected chi connectivity index (χ1v) is 7.69. The summed E-state index contributed by atoms with van der Waals surface area (Å²) in [6.45, 7) is 6.12. The smallest absolute Gasteiger partial charge is 0.259 e. The molecule has 2 aromatic carbocycles. The number of nitrogens with two attached hydrogens (primary N) is 1. The molecule has 0 saturated carbocycles. The fraction of sp³-hybridized carbons (Fsp3) is 0.263. The average molecular weight is 326 g/mol. The maximum atomic E-state index is 12.5. The van der Waals surface area contributed by atoms with Crippen LogP contribution >= 0.6 is 0 Å². The second-order valence-electron chi connectivity index (χ2n) is 6.53. The van der Waals surface area contributed by atoms with E-state index in [1.54, 1.807) is 24.3 Å². The third-order valence-electron chi connectivity index (χ3n) is 3.51. The minimum Gasteiger partial charge on any atom is -0.483 e. The minimum absolute atomic E-state index is 0.0533. The minimum atomic E-state index is -0.594. The predicted molar refractivity (Wildman–Crippen MR) is 94.2 cm³/mol. The number of ether oxygens (including phenoxy) is 1. The average Bonchev–Trinajstić information content (AvgIpc) is 2.52. The molecule has 2 rings (SSSR count). The lowest BCUT2D eigenvalue weighted by Gasteiger charge is -2.19. The number of hydrogen-bond acceptors (Lipinski definition) is 3. The van der Waals surface area contributed by atoms with Crippen LogP contribution < -0.4 is 15.8 Å². The van der Waals surface area contributed by atoms with E-state index in [1.807, 2.05) is 24.3 Å². The number of nitrogens with one attached hydrogen (secondary N) is 1. The number of amides is 2. The monoisotopic (exact) mass is 326 g/mol. The van der Waals surface area contributed by atoms with Crippen LogP contribution in [0.3, 0.4) is 0 Å². The van der Waals surface area contributed by atoms with E-state index in [0.29, 0.717) is 17.0 Å². The Labute approximate surface area is 141 Å². The highest BCUT2D eigenvalue weighted by Gasteiger charge is 2.15. The summed E-state index contributed by atoms with van der Waals surface area (Å²) in [5.74, 6) is -0.582. The van der Waals surface area contributed by atoms with Crippen molar-refractivity contribution in [2.45, 2.75) is 26.2 Å². The first kappa shape index (κ1) is 17.5. The van der Waals surface area contributed by atoms with Gasteiger partial charge in [0, 0.05) is 5.69 Å². The number of carbonyl (C=O) groups is 2. The number of rotatable bonds is 5. The molecule has 0 aliphatic carbocycles. The number of para-hydroxylation sites is 1. The lowest BCUT2D eigenvalue weighted by molar-refractivity contribution is -0.119. The van der Waals surface area contributed by atoms with Crippen molar-refractivity contribution in [3.63, 3.8) is 0 Å². The molecule has 5 nitrogen and oxygen atoms in total. The van der Waals surface area contributed by atoms with E-state index < -0.39 is 5.91 Å². The van der Waals surface area contributed by atoms with Gasteiger partial charge in [-0.05, 0) is 35.2 Å². The second-order valence-corrected chi connectivity index (χ2v) is 6.53. The largest absolute Gasteiger partial charge is 0.483 e. The number of carbonyl (C=O) groups excluding carboxylic acids is 2. The van der Waals surface area contributed by atoms with Crippen molar-refractivity contribution in [1.29, 1.82) is 0 Å². The molecule has 0 aromatic heterocycles. The Morgan fingerprint density at radius 2 is 1.67 bits per heavy atom. The summed E-state index contributed by atoms with van der Waals surface area (Å²) in [5, 5.41) is 2.83. The van der Waals surface area contributed by atoms with Gasteiger partial charge in [-0.15, -0.1) is 0 Å². The van der Waals surface area contributed by atoms with Gasteiger partial charge in [0.25, 0.3) is 11.8 Å². The molecule has 0 aliphatic rings. The van der Waals surface area contributed by atoms with Crippen LogP contribution in [0, 0.1) is 0 Å². The second kappa shape index (κ2) is 7.17. The maximum Gasteiger partial charge on any atom is 0.259 e. The third kappa shape index (κ3) is 4.59. The van der Waals surface area contributed by atoms with Crippen LogP contribution in [-0.2, 0) is 10.2 Å². The van der Waals surface area contributed by atoms with Gasteiger partial charge in [-0.25, -0.2) is 0 Å². The van der Waals surface area contributed by atoms with Gasteiger partial charge < -0.3 is 15.8 Å². The van der Waals surface area contributed by atoms with E-state index >= 15 is 0 Å². The number of primary amides is 1. The molecule has 0 atom stereocenters. The van der Waals surface area contributed by atoms with Crippen molar-refractivity contribution in [2.24, 2.45) is 5.73 Å². The molecule has 2 aromatic rings. The van der Waals surface area contributed by atoms with Crippen molar-refractivity contribution < 1.29 is 14.3 Å². The Bertz CT molecular complexity index is 731. The van der Waals surface area contributed by atoms with Crippen molar-refractivity contribution in [3.8, 4) is 5.75 Å². The first-order chi connectivity index (χ1) is 11.3. The first-order valence-electron chi connectivity index (χ1n) is 7.69. The summed E-state index contributed by atoms with van der Waals surface area (Å²) in [6.07, 6.45) is 0. The topological polar surface area (TPSA) is 81.4 Å². The summed E-state index contributed by atoms with van der Waals surface area (Å²) in [5.41, 5.74) is 7.35. The van der Waals surface area contributed by atoms with Gasteiger partial charge in [0.2, 0.25) is 0 Å². The SMILES string of the molecule is CC(C)(C)c1ccc(NC(=O)c2ccccc2OCC(N)=O)cc1. The van der Waals surface area contributed by atoms with Gasteiger partial charge >= 0.3 is 0 Å². The van der Waals surface area contributed by atoms with Gasteiger partial charge in [-0.2, -0.15) is 0 Å². The Balaban J connectivity index is 2.14. The highest BCUT2D eigenvalue weighted by atomic mass is 16.5. The molecular weight excluding hydrogens is 304 g/mol. The van der Waals surface area contributed by atoms with E-state index in [4.69, 9.17) is 10.5 Å². The molecule has 5 heteroatoms. The molecular formula is C19H22N2O3. The van der Waals surface area contributed by atoms with Crippen molar-refractivity contribution >= 4 is 17.5 Å². The van der Waals surface area contributed by atoms with Crippen molar-refractivity contribution in [2.75, 3.05) is 11.9 Å². The molecule has 0 unspecified atom stereocenters. The predicted octanol–water partition coefficient (Wildman–Crippen LogP) is 3.10. The lowest BCUT2D eigenvalue weighted by Crippen LogP contribution is -2.21. The van der Waals surface area contributed by atoms with Crippen LogP contribution in [0.5, 0.6) is 5.75 Å². The van der Waals surface area contributed by atoms with Crippen molar-refractivity contribution in [1.82, 2.24) is 0 Å². The summed E-state index contributed by atoms with van der Waals surface area (Å²) in [4.78, 5) is 23.3. The van der Waals surface area contributed by atoms with Gasteiger partial charge in [-0.3, -0.25) is 9.59 Å². The Morgan fingerprint density at radius 1 is 1.04 bits per heavy atom. The van der Waals surface area contributed by atoms with E-state index in [0.717, 1.165) is 0 Å². The summed E-state index contributed by atoms with van der Waals surface area (Å²) in [6, 6.07) is 14.4. The van der Waals surface area contributed by atoms with Gasteiger partial charge in [0.15, 0.2) is 6.61 Å². The van der Waals surface area contributed by atoms with E-state index in [2.05, 4.69) is 26.1 Å². The Hall–Kier alpha value is -2.82. The number of benzene rings is 2. The van der Waals surface area contributed by atoms with Crippen LogP contribution in [0.4, 0.5) is 5.69 Å². The molecule has 126 valence electrons. The summed E-state index contributed by atoms with van der Waals surface area (Å²) in [7, 11) is 0. The molecule has 0 bridgehead atoms. The quantitative estimate of drug-likeness (QED) is 0.886. The Kier molecular flexibility index (Phi) is 5.24. The highest BCUT2D eigenvalue weighted by molar-refractivity contribution is 6.06. The molecule has 0 saturated heterocycles. The normalized spacial score (nSPS) is 11.0. The molecule has 2 amide bonds. The molecule has 0 fully saturated rings. The van der Waals surface area contributed by atoms with E-state index in [-0.39, 0.29) is 17.9 Å². The third-order valence-corrected chi connectivity index (χ3v) is 3.51. The van der Waals surface area contributed by atoms with Crippen LogP contribution in [-0.4, -0.2) is 18.4 Å². The molecule has 0 aliphatic heterocycles. The fourth-order valence-corrected chi connectivity index (χ4v) is 2.18. The number of anilines is 1. The van der Waals surface area contributed by atoms with Gasteiger partial charge in [-0.1, -0.05) is 45.0 Å². The lowest BCUT2D eigenvalue weighted by atomic mass is 9.87. The molecule has 24 heavy (non-hydrogen) atoms. The van der Waals surface area contributed by atoms with Crippen LogP contribution in [0.15, 0.2) is 48.5 Å². The molecule has 0 radical (unpaired) electrons. The fourth-order valence-electron chi connectivity index (χ4n) is 2.18.